The number of hydrogen-bond acceptors (Lipinski definition) is 8. The van der Waals surface area contributed by atoms with Gasteiger partial charge in [-0.05, 0) is 26.7 Å². The SMILES string of the molecule is CNC(=O)CSCC(OC(OCCCC(C)O)C(O)O)C(C)O. The van der Waals surface area contributed by atoms with Crippen LogP contribution in [0, 0.1) is 0 Å². The molecule has 0 saturated heterocycles. The molecule has 0 aromatic heterocycles. The smallest absolute Gasteiger partial charge is 0.229 e. The van der Waals surface area contributed by atoms with Crippen molar-refractivity contribution >= 4 is 17.7 Å². The second-order valence-electron chi connectivity index (χ2n) is 5.25. The van der Waals surface area contributed by atoms with Crippen molar-refractivity contribution in [2.24, 2.45) is 0 Å². The fourth-order valence-corrected chi connectivity index (χ4v) is 2.62. The molecule has 0 heterocycles. The second kappa shape index (κ2) is 12.9. The molecular formula is C14H29NO7S. The summed E-state index contributed by atoms with van der Waals surface area (Å²) in [6.07, 6.45) is -4.13. The second-order valence-corrected chi connectivity index (χ2v) is 6.28. The Morgan fingerprint density at radius 2 is 1.87 bits per heavy atom. The van der Waals surface area contributed by atoms with Crippen LogP contribution in [-0.2, 0) is 14.3 Å². The van der Waals surface area contributed by atoms with E-state index in [4.69, 9.17) is 14.6 Å². The minimum absolute atomic E-state index is 0.146. The van der Waals surface area contributed by atoms with Crippen molar-refractivity contribution in [3.05, 3.63) is 0 Å². The van der Waals surface area contributed by atoms with Gasteiger partial charge >= 0.3 is 0 Å². The van der Waals surface area contributed by atoms with Crippen molar-refractivity contribution in [1.29, 1.82) is 0 Å². The number of ether oxygens (including phenoxy) is 2. The number of amides is 1. The summed E-state index contributed by atoms with van der Waals surface area (Å²) in [6, 6.07) is 0. The van der Waals surface area contributed by atoms with Crippen molar-refractivity contribution in [3.8, 4) is 0 Å². The summed E-state index contributed by atoms with van der Waals surface area (Å²) in [4.78, 5) is 11.2. The van der Waals surface area contributed by atoms with Crippen LogP contribution < -0.4 is 5.32 Å². The first-order valence-electron chi connectivity index (χ1n) is 7.55. The van der Waals surface area contributed by atoms with Crippen molar-refractivity contribution < 1.29 is 34.7 Å². The Labute approximate surface area is 141 Å². The lowest BCUT2D eigenvalue weighted by Gasteiger charge is -2.27. The fourth-order valence-electron chi connectivity index (χ4n) is 1.58. The minimum Gasteiger partial charge on any atom is -0.393 e. The molecule has 23 heavy (non-hydrogen) atoms. The number of carbonyl (C=O) groups excluding carboxylic acids is 1. The molecule has 138 valence electrons. The molecule has 5 N–H and O–H groups in total. The molecule has 8 nitrogen and oxygen atoms in total. The molecule has 0 bridgehead atoms. The van der Waals surface area contributed by atoms with E-state index < -0.39 is 30.9 Å². The van der Waals surface area contributed by atoms with Gasteiger partial charge in [0.1, 0.15) is 0 Å². The van der Waals surface area contributed by atoms with Gasteiger partial charge in [-0.2, -0.15) is 0 Å². The van der Waals surface area contributed by atoms with E-state index in [9.17, 15) is 20.1 Å². The van der Waals surface area contributed by atoms with Crippen LogP contribution in [0.5, 0.6) is 0 Å². The van der Waals surface area contributed by atoms with E-state index in [0.717, 1.165) is 0 Å². The van der Waals surface area contributed by atoms with Gasteiger partial charge in [0.25, 0.3) is 0 Å². The predicted molar refractivity (Wildman–Crippen MR) is 86.8 cm³/mol. The average molecular weight is 355 g/mol. The number of hydrogen-bond donors (Lipinski definition) is 5. The summed E-state index contributed by atoms with van der Waals surface area (Å²) >= 11 is 1.26. The van der Waals surface area contributed by atoms with E-state index >= 15 is 0 Å². The van der Waals surface area contributed by atoms with E-state index in [0.29, 0.717) is 18.6 Å². The maximum Gasteiger partial charge on any atom is 0.229 e. The molecule has 0 aliphatic heterocycles. The van der Waals surface area contributed by atoms with Crippen LogP contribution in [0.4, 0.5) is 0 Å². The van der Waals surface area contributed by atoms with Crippen LogP contribution in [0.2, 0.25) is 0 Å². The molecule has 0 aromatic rings. The van der Waals surface area contributed by atoms with E-state index in [1.165, 1.54) is 25.7 Å². The van der Waals surface area contributed by atoms with Crippen LogP contribution in [0.25, 0.3) is 0 Å². The van der Waals surface area contributed by atoms with Gasteiger partial charge in [0.15, 0.2) is 0 Å². The summed E-state index contributed by atoms with van der Waals surface area (Å²) in [6.45, 7) is 3.35. The molecular weight excluding hydrogens is 326 g/mol. The number of aliphatic hydroxyl groups is 4. The Bertz CT molecular complexity index is 316. The third kappa shape index (κ3) is 11.7. The van der Waals surface area contributed by atoms with Crippen LogP contribution in [0.3, 0.4) is 0 Å². The van der Waals surface area contributed by atoms with Crippen molar-refractivity contribution in [2.75, 3.05) is 25.2 Å². The third-order valence-corrected chi connectivity index (χ3v) is 3.96. The summed E-state index contributed by atoms with van der Waals surface area (Å²) < 4.78 is 10.7. The maximum atomic E-state index is 11.2. The van der Waals surface area contributed by atoms with Gasteiger partial charge < -0.3 is 35.2 Å². The van der Waals surface area contributed by atoms with Gasteiger partial charge in [-0.3, -0.25) is 4.79 Å². The third-order valence-electron chi connectivity index (χ3n) is 2.93. The quantitative estimate of drug-likeness (QED) is 0.211. The highest BCUT2D eigenvalue weighted by Gasteiger charge is 2.26. The molecule has 0 aromatic carbocycles. The van der Waals surface area contributed by atoms with Crippen molar-refractivity contribution in [3.63, 3.8) is 0 Å². The maximum absolute atomic E-state index is 11.2. The lowest BCUT2D eigenvalue weighted by atomic mass is 10.2. The van der Waals surface area contributed by atoms with Crippen LogP contribution in [0.1, 0.15) is 26.7 Å². The Balaban J connectivity index is 4.32. The van der Waals surface area contributed by atoms with E-state index in [-0.39, 0.29) is 18.3 Å². The van der Waals surface area contributed by atoms with E-state index in [2.05, 4.69) is 5.32 Å². The Kier molecular flexibility index (Phi) is 12.7. The standard InChI is InChI=1S/C14H29NO7S/c1-9(16)5-4-6-21-14(13(19)20)22-11(10(2)17)7-23-8-12(18)15-3/h9-11,13-14,16-17,19-20H,4-8H2,1-3H3,(H,15,18). The van der Waals surface area contributed by atoms with Crippen molar-refractivity contribution in [2.45, 2.75) is 57.6 Å². The Morgan fingerprint density at radius 3 is 2.35 bits per heavy atom. The first-order chi connectivity index (χ1) is 10.8. The van der Waals surface area contributed by atoms with Crippen LogP contribution in [-0.4, -0.2) is 82.4 Å². The summed E-state index contributed by atoms with van der Waals surface area (Å²) in [5, 5.41) is 40.0. The molecule has 4 atom stereocenters. The van der Waals surface area contributed by atoms with E-state index in [1.807, 2.05) is 0 Å². The zero-order valence-electron chi connectivity index (χ0n) is 13.8. The lowest BCUT2D eigenvalue weighted by Crippen LogP contribution is -2.40. The summed E-state index contributed by atoms with van der Waals surface area (Å²) in [5.41, 5.74) is 0. The fraction of sp³-hybridized carbons (Fsp3) is 0.929. The van der Waals surface area contributed by atoms with Gasteiger partial charge in [0, 0.05) is 12.8 Å². The first-order valence-corrected chi connectivity index (χ1v) is 8.71. The van der Waals surface area contributed by atoms with Crippen LogP contribution >= 0.6 is 11.8 Å². The first kappa shape index (κ1) is 22.6. The van der Waals surface area contributed by atoms with Gasteiger partial charge in [-0.1, -0.05) is 0 Å². The summed E-state index contributed by atoms with van der Waals surface area (Å²) in [5.74, 6) is 0.364. The largest absolute Gasteiger partial charge is 0.393 e. The number of nitrogens with one attached hydrogen (secondary N) is 1. The highest BCUT2D eigenvalue weighted by Crippen LogP contribution is 2.14. The zero-order valence-corrected chi connectivity index (χ0v) is 14.7. The molecule has 0 saturated carbocycles. The highest BCUT2D eigenvalue weighted by molar-refractivity contribution is 7.99. The number of carbonyl (C=O) groups is 1. The van der Waals surface area contributed by atoms with Crippen molar-refractivity contribution in [1.82, 2.24) is 5.32 Å². The van der Waals surface area contributed by atoms with Crippen LogP contribution in [0.15, 0.2) is 0 Å². The molecule has 1 amide bonds. The molecule has 0 radical (unpaired) electrons. The molecule has 4 unspecified atom stereocenters. The molecule has 0 spiro atoms. The molecule has 0 aliphatic carbocycles. The predicted octanol–water partition coefficient (Wildman–Crippen LogP) is -0.954. The number of thioether (sulfide) groups is 1. The average Bonchev–Trinajstić information content (AvgIpc) is 2.47. The monoisotopic (exact) mass is 355 g/mol. The molecule has 0 fully saturated rings. The van der Waals surface area contributed by atoms with Gasteiger partial charge in [0.2, 0.25) is 18.5 Å². The van der Waals surface area contributed by atoms with Gasteiger partial charge in [0.05, 0.1) is 30.7 Å². The Morgan fingerprint density at radius 1 is 1.22 bits per heavy atom. The normalized spacial score (nSPS) is 16.9. The number of rotatable bonds is 13. The topological polar surface area (TPSA) is 128 Å². The number of aliphatic hydroxyl groups excluding tert-OH is 3. The lowest BCUT2D eigenvalue weighted by molar-refractivity contribution is -0.274. The van der Waals surface area contributed by atoms with Gasteiger partial charge in [-0.15, -0.1) is 11.8 Å². The molecule has 9 heteroatoms. The summed E-state index contributed by atoms with van der Waals surface area (Å²) in [7, 11) is 1.53. The Hall–Kier alpha value is -0.420. The molecule has 0 rings (SSSR count). The molecule has 0 aliphatic rings. The zero-order chi connectivity index (χ0) is 17.8. The van der Waals surface area contributed by atoms with E-state index in [1.54, 1.807) is 6.92 Å². The highest BCUT2D eigenvalue weighted by atomic mass is 32.2. The minimum atomic E-state index is -1.85. The van der Waals surface area contributed by atoms with Gasteiger partial charge in [-0.25, -0.2) is 0 Å².